The number of ether oxygens (including phenoxy) is 3. The van der Waals surface area contributed by atoms with Gasteiger partial charge in [0.25, 0.3) is 0 Å². The standard InChI is InChI=1S/C29H27N3O3.C19H4/c1-30-20-6-4-18(5-7-20)17-35-29-15-22-19(12-28(29)34-3)10-11-32-16-26-24(14-27(22)32)23-13-21(33-2)8-9-25(23)31-26;1-3-5-7-9-11-13-15-17-19-18-16-14-12-10-8-6-4-2/h4-9,12-13,15,27,31H,10-11,14,16-17H2,2-3H3;1H,2H3. The Hall–Kier alpha value is -7.91. The van der Waals surface area contributed by atoms with Crippen LogP contribution in [-0.2, 0) is 26.0 Å². The van der Waals surface area contributed by atoms with E-state index in [1.807, 2.05) is 30.3 Å². The highest BCUT2D eigenvalue weighted by Crippen LogP contribution is 2.44. The third kappa shape index (κ3) is 9.87. The van der Waals surface area contributed by atoms with Crippen LogP contribution in [0.4, 0.5) is 5.69 Å². The van der Waals surface area contributed by atoms with Crippen molar-refractivity contribution in [3.05, 3.63) is 94.0 Å². The van der Waals surface area contributed by atoms with E-state index in [0.29, 0.717) is 18.3 Å². The molecule has 0 saturated heterocycles. The first-order chi connectivity index (χ1) is 26.6. The number of hydrogen-bond acceptors (Lipinski definition) is 4. The number of benzene rings is 3. The van der Waals surface area contributed by atoms with E-state index in [2.05, 4.69) is 140 Å². The molecule has 3 aromatic carbocycles. The van der Waals surface area contributed by atoms with Gasteiger partial charge in [0.2, 0.25) is 0 Å². The summed E-state index contributed by atoms with van der Waals surface area (Å²) in [6, 6.07) is 18.4. The third-order valence-electron chi connectivity index (χ3n) is 8.39. The Morgan fingerprint density at radius 3 is 2.04 bits per heavy atom. The molecule has 1 aromatic heterocycles. The van der Waals surface area contributed by atoms with E-state index in [1.54, 1.807) is 21.1 Å². The number of terminal acetylenes is 1. The molecule has 0 spiro atoms. The highest BCUT2D eigenvalue weighted by Gasteiger charge is 2.34. The molecule has 6 nitrogen and oxygen atoms in total. The van der Waals surface area contributed by atoms with E-state index in [-0.39, 0.29) is 0 Å². The first-order valence-corrected chi connectivity index (χ1v) is 16.7. The lowest BCUT2D eigenvalue weighted by molar-refractivity contribution is 0.158. The van der Waals surface area contributed by atoms with E-state index < -0.39 is 0 Å². The Morgan fingerprint density at radius 2 is 1.44 bits per heavy atom. The van der Waals surface area contributed by atoms with E-state index in [0.717, 1.165) is 48.7 Å². The van der Waals surface area contributed by atoms with E-state index >= 15 is 0 Å². The third-order valence-corrected chi connectivity index (χ3v) is 8.39. The van der Waals surface area contributed by atoms with Crippen LogP contribution in [0.25, 0.3) is 15.7 Å². The summed E-state index contributed by atoms with van der Waals surface area (Å²) < 4.78 is 17.4. The maximum Gasteiger partial charge on any atom is 0.187 e. The largest absolute Gasteiger partial charge is 0.497 e. The zero-order valence-corrected chi connectivity index (χ0v) is 30.0. The molecule has 0 fully saturated rings. The minimum absolute atomic E-state index is 0.294. The highest BCUT2D eigenvalue weighted by atomic mass is 16.5. The fourth-order valence-electron chi connectivity index (χ4n) is 5.97. The first-order valence-electron chi connectivity index (χ1n) is 16.7. The lowest BCUT2D eigenvalue weighted by Crippen LogP contribution is -2.39. The number of fused-ring (bicyclic) bond motifs is 6. The molecule has 0 aliphatic carbocycles. The van der Waals surface area contributed by atoms with Gasteiger partial charge in [-0.1, -0.05) is 30.2 Å². The molecule has 6 heteroatoms. The van der Waals surface area contributed by atoms with Crippen LogP contribution >= 0.6 is 0 Å². The molecule has 0 amide bonds. The van der Waals surface area contributed by atoms with Crippen molar-refractivity contribution < 1.29 is 14.2 Å². The lowest BCUT2D eigenvalue weighted by Gasteiger charge is -2.40. The molecule has 1 N–H and O–H groups in total. The molecular formula is C48H31N3O3. The molecule has 2 aliphatic heterocycles. The van der Waals surface area contributed by atoms with Gasteiger partial charge < -0.3 is 19.2 Å². The lowest BCUT2D eigenvalue weighted by atomic mass is 9.85. The van der Waals surface area contributed by atoms with Crippen LogP contribution in [0, 0.1) is 114 Å². The molecule has 256 valence electrons. The molecule has 0 bridgehead atoms. The number of methoxy groups -OCH3 is 2. The number of H-pyrrole nitrogens is 1. The van der Waals surface area contributed by atoms with Gasteiger partial charge in [-0.3, -0.25) is 4.90 Å². The highest BCUT2D eigenvalue weighted by molar-refractivity contribution is 5.86. The summed E-state index contributed by atoms with van der Waals surface area (Å²) in [5, 5.41) is 1.25. The van der Waals surface area contributed by atoms with Gasteiger partial charge in [0.05, 0.1) is 20.8 Å². The Bertz CT molecular complexity index is 2680. The van der Waals surface area contributed by atoms with Crippen LogP contribution in [0.1, 0.15) is 40.9 Å². The number of rotatable bonds is 5. The topological polar surface area (TPSA) is 51.1 Å². The molecular weight excluding hydrogens is 667 g/mol. The van der Waals surface area contributed by atoms with Crippen LogP contribution in [-0.4, -0.2) is 30.6 Å². The van der Waals surface area contributed by atoms with E-state index in [4.69, 9.17) is 27.2 Å². The van der Waals surface area contributed by atoms with Crippen molar-refractivity contribution in [1.82, 2.24) is 9.88 Å². The molecule has 6 rings (SSSR count). The molecule has 2 aliphatic rings. The Morgan fingerprint density at radius 1 is 0.796 bits per heavy atom. The summed E-state index contributed by atoms with van der Waals surface area (Å²) in [6.07, 6.45) is 6.83. The van der Waals surface area contributed by atoms with Gasteiger partial charge in [-0.05, 0) is 167 Å². The van der Waals surface area contributed by atoms with Gasteiger partial charge >= 0.3 is 0 Å². The second kappa shape index (κ2) is 19.5. The predicted molar refractivity (Wildman–Crippen MR) is 212 cm³/mol. The van der Waals surface area contributed by atoms with Gasteiger partial charge in [-0.15, -0.1) is 6.42 Å². The fourth-order valence-corrected chi connectivity index (χ4v) is 5.97. The van der Waals surface area contributed by atoms with Crippen LogP contribution in [0.3, 0.4) is 0 Å². The number of hydrogen-bond donors (Lipinski definition) is 1. The second-order valence-corrected chi connectivity index (χ2v) is 11.5. The van der Waals surface area contributed by atoms with Gasteiger partial charge in [0.1, 0.15) is 12.4 Å². The number of nitrogens with zero attached hydrogens (tertiary/aromatic N) is 2. The molecule has 0 radical (unpaired) electrons. The molecule has 3 heterocycles. The van der Waals surface area contributed by atoms with Gasteiger partial charge in [0.15, 0.2) is 17.2 Å². The minimum atomic E-state index is 0.294. The maximum absolute atomic E-state index is 7.13. The predicted octanol–water partition coefficient (Wildman–Crippen LogP) is 6.64. The maximum atomic E-state index is 7.13. The van der Waals surface area contributed by atoms with E-state index in [1.165, 1.54) is 33.3 Å². The molecule has 4 aromatic rings. The van der Waals surface area contributed by atoms with Crippen LogP contribution in [0.2, 0.25) is 0 Å². The summed E-state index contributed by atoms with van der Waals surface area (Å²) in [4.78, 5) is 9.67. The monoisotopic (exact) mass is 697 g/mol. The molecule has 54 heavy (non-hydrogen) atoms. The summed E-state index contributed by atoms with van der Waals surface area (Å²) >= 11 is 0. The summed E-state index contributed by atoms with van der Waals surface area (Å²) in [5.74, 6) is 44.3. The number of nitrogens with one attached hydrogen (secondary N) is 1. The SMILES string of the molecule is C#CC#CC#CC#CC#CC#CC#CC#CC#CC.[C-]#[N+]c1ccc(COc2cc3c(cc2OC)CCN2Cc4[nH]c5ccc(OC)cc5c4CC32)cc1. The summed E-state index contributed by atoms with van der Waals surface area (Å²) in [7, 11) is 3.41. The Kier molecular flexibility index (Phi) is 13.5. The average Bonchev–Trinajstić information content (AvgIpc) is 3.57. The number of aromatic nitrogens is 1. The quantitative estimate of drug-likeness (QED) is 0.188. The van der Waals surface area contributed by atoms with Crippen molar-refractivity contribution in [2.75, 3.05) is 20.8 Å². The van der Waals surface area contributed by atoms with Crippen LogP contribution < -0.4 is 14.2 Å². The van der Waals surface area contributed by atoms with E-state index in [9.17, 15) is 0 Å². The normalized spacial score (nSPS) is 12.1. The van der Waals surface area contributed by atoms with Crippen molar-refractivity contribution >= 4 is 16.6 Å². The first kappa shape index (κ1) is 37.3. The zero-order valence-electron chi connectivity index (χ0n) is 30.0. The van der Waals surface area contributed by atoms with Crippen molar-refractivity contribution in [2.45, 2.75) is 39.0 Å². The molecule has 0 saturated carbocycles. The summed E-state index contributed by atoms with van der Waals surface area (Å²) in [6.45, 7) is 11.2. The number of aromatic amines is 1. The smallest absolute Gasteiger partial charge is 0.187 e. The zero-order chi connectivity index (χ0) is 38.0. The minimum Gasteiger partial charge on any atom is -0.497 e. The van der Waals surface area contributed by atoms with Crippen LogP contribution in [0.5, 0.6) is 17.2 Å². The Labute approximate surface area is 317 Å². The van der Waals surface area contributed by atoms with Crippen molar-refractivity contribution in [1.29, 1.82) is 0 Å². The molecule has 1 atom stereocenters. The van der Waals surface area contributed by atoms with Gasteiger partial charge in [-0.25, -0.2) is 4.85 Å². The summed E-state index contributed by atoms with van der Waals surface area (Å²) in [5.41, 5.74) is 8.16. The van der Waals surface area contributed by atoms with Crippen molar-refractivity contribution in [2.24, 2.45) is 0 Å². The Balaban J connectivity index is 0.000000253. The fraction of sp³-hybridized carbons (Fsp3) is 0.188. The van der Waals surface area contributed by atoms with Crippen LogP contribution in [0.15, 0.2) is 54.6 Å². The van der Waals surface area contributed by atoms with Crippen molar-refractivity contribution in [3.63, 3.8) is 0 Å². The molecule has 1 unspecified atom stereocenters. The average molecular weight is 698 g/mol. The second-order valence-electron chi connectivity index (χ2n) is 11.5. The van der Waals surface area contributed by atoms with Gasteiger partial charge in [-0.2, -0.15) is 0 Å². The van der Waals surface area contributed by atoms with Crippen molar-refractivity contribution in [3.8, 4) is 124 Å². The van der Waals surface area contributed by atoms with Gasteiger partial charge in [0, 0.05) is 35.7 Å².